The molecule has 0 spiro atoms. The first-order chi connectivity index (χ1) is 16.3. The molecule has 1 unspecified atom stereocenters. The normalized spacial score (nSPS) is 16.8. The molecular weight excluding hydrogens is 442 g/mol. The van der Waals surface area contributed by atoms with Gasteiger partial charge in [0.15, 0.2) is 17.2 Å². The minimum absolute atomic E-state index is 0.00229. The lowest BCUT2D eigenvalue weighted by Crippen LogP contribution is -2.44. The molecule has 2 aliphatic rings. The highest BCUT2D eigenvalue weighted by Crippen LogP contribution is 2.37. The maximum absolute atomic E-state index is 13.6. The maximum atomic E-state index is 13.6. The largest absolute Gasteiger partial charge is 0.454 e. The number of amides is 2. The van der Waals surface area contributed by atoms with Crippen LogP contribution in [-0.4, -0.2) is 41.2 Å². The molecule has 0 radical (unpaired) electrons. The molecule has 2 amide bonds. The zero-order chi connectivity index (χ0) is 24.4. The highest BCUT2D eigenvalue weighted by Gasteiger charge is 2.39. The molecule has 2 aliphatic heterocycles. The van der Waals surface area contributed by atoms with Crippen LogP contribution in [0.15, 0.2) is 27.8 Å². The van der Waals surface area contributed by atoms with Crippen molar-refractivity contribution in [3.05, 3.63) is 39.0 Å². The lowest BCUT2D eigenvalue weighted by Gasteiger charge is -2.27. The molecule has 0 bridgehead atoms. The van der Waals surface area contributed by atoms with Crippen molar-refractivity contribution >= 4 is 29.0 Å². The second-order valence-corrected chi connectivity index (χ2v) is 8.43. The van der Waals surface area contributed by atoms with Gasteiger partial charge in [0, 0.05) is 37.8 Å². The van der Waals surface area contributed by atoms with Gasteiger partial charge in [0.25, 0.3) is 5.56 Å². The van der Waals surface area contributed by atoms with Crippen LogP contribution in [0.25, 0.3) is 0 Å². The summed E-state index contributed by atoms with van der Waals surface area (Å²) >= 11 is 0. The van der Waals surface area contributed by atoms with Gasteiger partial charge < -0.3 is 25.0 Å². The number of nitrogens with one attached hydrogen (secondary N) is 1. The van der Waals surface area contributed by atoms with Crippen molar-refractivity contribution in [3.63, 3.8) is 0 Å². The van der Waals surface area contributed by atoms with Crippen molar-refractivity contribution in [2.45, 2.75) is 46.1 Å². The molecule has 1 atom stereocenters. The van der Waals surface area contributed by atoms with E-state index in [1.807, 2.05) is 13.8 Å². The molecule has 0 saturated carbocycles. The smallest absolute Gasteiger partial charge is 0.330 e. The van der Waals surface area contributed by atoms with Crippen LogP contribution in [0.4, 0.5) is 17.2 Å². The Kier molecular flexibility index (Phi) is 6.62. The minimum atomic E-state index is -0.712. The van der Waals surface area contributed by atoms with Gasteiger partial charge in [-0.3, -0.25) is 23.9 Å². The first kappa shape index (κ1) is 23.4. The Bertz CT molecular complexity index is 1220. The first-order valence-corrected chi connectivity index (χ1v) is 11.5. The van der Waals surface area contributed by atoms with Gasteiger partial charge in [-0.2, -0.15) is 0 Å². The monoisotopic (exact) mass is 471 g/mol. The Balaban J connectivity index is 1.64. The highest BCUT2D eigenvalue weighted by molar-refractivity contribution is 6.05. The molecule has 3 N–H and O–H groups in total. The lowest BCUT2D eigenvalue weighted by molar-refractivity contribution is -0.124. The number of ether oxygens (including phenoxy) is 2. The topological polar surface area (TPSA) is 140 Å². The molecule has 182 valence electrons. The molecule has 3 heterocycles. The van der Waals surface area contributed by atoms with Crippen LogP contribution < -0.4 is 36.3 Å². The maximum Gasteiger partial charge on any atom is 0.330 e. The standard InChI is InChI=1S/C23H29N5O6/c1-3-5-9-26(19-20(24)27(8-4-2)23(32)25-21(19)30)22(31)14-10-18(29)28(12-14)15-6-7-16-17(11-15)34-13-33-16/h6-7,11,14H,3-5,8-10,12-13,24H2,1-2H3,(H,25,30,32). The van der Waals surface area contributed by atoms with Gasteiger partial charge >= 0.3 is 5.69 Å². The number of aromatic nitrogens is 2. The zero-order valence-corrected chi connectivity index (χ0v) is 19.3. The number of unbranched alkanes of at least 4 members (excludes halogenated alkanes) is 1. The van der Waals surface area contributed by atoms with E-state index in [-0.39, 0.29) is 49.6 Å². The summed E-state index contributed by atoms with van der Waals surface area (Å²) in [4.78, 5) is 56.6. The number of aromatic amines is 1. The van der Waals surface area contributed by atoms with E-state index in [1.54, 1.807) is 18.2 Å². The van der Waals surface area contributed by atoms with E-state index in [0.29, 0.717) is 36.6 Å². The molecule has 1 fully saturated rings. The number of carbonyl (C=O) groups is 2. The number of nitrogens with zero attached hydrogens (tertiary/aromatic N) is 3. The number of carbonyl (C=O) groups excluding carboxylic acids is 2. The highest BCUT2D eigenvalue weighted by atomic mass is 16.7. The van der Waals surface area contributed by atoms with Crippen molar-refractivity contribution in [1.82, 2.24) is 9.55 Å². The number of hydrogen-bond acceptors (Lipinski definition) is 7. The molecule has 4 rings (SSSR count). The third-order valence-electron chi connectivity index (χ3n) is 6.07. The van der Waals surface area contributed by atoms with E-state index >= 15 is 0 Å². The Morgan fingerprint density at radius 2 is 1.94 bits per heavy atom. The third-order valence-corrected chi connectivity index (χ3v) is 6.07. The van der Waals surface area contributed by atoms with Crippen LogP contribution in [0.3, 0.4) is 0 Å². The van der Waals surface area contributed by atoms with Gasteiger partial charge in [-0.05, 0) is 25.0 Å². The van der Waals surface area contributed by atoms with E-state index in [2.05, 4.69) is 4.98 Å². The van der Waals surface area contributed by atoms with Crippen molar-refractivity contribution in [3.8, 4) is 11.5 Å². The molecule has 11 nitrogen and oxygen atoms in total. The molecule has 1 aromatic heterocycles. The van der Waals surface area contributed by atoms with Gasteiger partial charge in [-0.1, -0.05) is 20.3 Å². The molecule has 1 aromatic carbocycles. The summed E-state index contributed by atoms with van der Waals surface area (Å²) in [5.74, 6) is -0.139. The van der Waals surface area contributed by atoms with E-state index in [0.717, 1.165) is 6.42 Å². The number of nitrogens with two attached hydrogens (primary N) is 1. The third kappa shape index (κ3) is 4.25. The summed E-state index contributed by atoms with van der Waals surface area (Å²) in [6.07, 6.45) is 2.04. The number of benzene rings is 1. The second kappa shape index (κ2) is 9.62. The number of rotatable bonds is 8. The van der Waals surface area contributed by atoms with Gasteiger partial charge in [-0.15, -0.1) is 0 Å². The fraction of sp³-hybridized carbons (Fsp3) is 0.478. The van der Waals surface area contributed by atoms with E-state index in [9.17, 15) is 19.2 Å². The number of anilines is 3. The summed E-state index contributed by atoms with van der Waals surface area (Å²) < 4.78 is 12.0. The molecular formula is C23H29N5O6. The summed E-state index contributed by atoms with van der Waals surface area (Å²) in [7, 11) is 0. The SMILES string of the molecule is CCCCN(C(=O)C1CC(=O)N(c2ccc3c(c2)OCO3)C1)c1c(N)n(CCC)c(=O)[nH]c1=O. The van der Waals surface area contributed by atoms with Crippen LogP contribution in [0, 0.1) is 5.92 Å². The van der Waals surface area contributed by atoms with Crippen molar-refractivity contribution < 1.29 is 19.1 Å². The molecule has 11 heteroatoms. The molecule has 34 heavy (non-hydrogen) atoms. The van der Waals surface area contributed by atoms with E-state index < -0.39 is 17.2 Å². The van der Waals surface area contributed by atoms with Crippen LogP contribution >= 0.6 is 0 Å². The predicted octanol–water partition coefficient (Wildman–Crippen LogP) is 1.44. The van der Waals surface area contributed by atoms with Gasteiger partial charge in [0.2, 0.25) is 18.6 Å². The van der Waals surface area contributed by atoms with Gasteiger partial charge in [-0.25, -0.2) is 4.79 Å². The van der Waals surface area contributed by atoms with E-state index in [4.69, 9.17) is 15.2 Å². The fourth-order valence-electron chi connectivity index (χ4n) is 4.33. The summed E-state index contributed by atoms with van der Waals surface area (Å²) in [5, 5.41) is 0. The Hall–Kier alpha value is -3.76. The molecule has 0 aliphatic carbocycles. The average molecular weight is 472 g/mol. The van der Waals surface area contributed by atoms with Gasteiger partial charge in [0.1, 0.15) is 5.82 Å². The molecule has 2 aromatic rings. The summed E-state index contributed by atoms with van der Waals surface area (Å²) in [5.41, 5.74) is 5.47. The second-order valence-electron chi connectivity index (χ2n) is 8.43. The van der Waals surface area contributed by atoms with Crippen LogP contribution in [0.1, 0.15) is 39.5 Å². The van der Waals surface area contributed by atoms with Crippen molar-refractivity contribution in [2.75, 3.05) is 35.4 Å². The lowest BCUT2D eigenvalue weighted by atomic mass is 10.1. The number of H-pyrrole nitrogens is 1. The number of fused-ring (bicyclic) bond motifs is 1. The summed E-state index contributed by atoms with van der Waals surface area (Å²) in [6.45, 7) is 4.69. The number of nitrogen functional groups attached to an aromatic ring is 1. The fourth-order valence-corrected chi connectivity index (χ4v) is 4.33. The van der Waals surface area contributed by atoms with Crippen LogP contribution in [0.2, 0.25) is 0 Å². The summed E-state index contributed by atoms with van der Waals surface area (Å²) in [6, 6.07) is 5.19. The molecule has 1 saturated heterocycles. The van der Waals surface area contributed by atoms with Crippen molar-refractivity contribution in [2.24, 2.45) is 5.92 Å². The Labute approximate surface area is 196 Å². The average Bonchev–Trinajstić information content (AvgIpc) is 3.44. The quantitative estimate of drug-likeness (QED) is 0.594. The van der Waals surface area contributed by atoms with Crippen LogP contribution in [0.5, 0.6) is 11.5 Å². The number of hydrogen-bond donors (Lipinski definition) is 2. The van der Waals surface area contributed by atoms with Gasteiger partial charge in [0.05, 0.1) is 5.92 Å². The van der Waals surface area contributed by atoms with Crippen molar-refractivity contribution in [1.29, 1.82) is 0 Å². The van der Waals surface area contributed by atoms with E-state index in [1.165, 1.54) is 14.4 Å². The Morgan fingerprint density at radius 3 is 2.68 bits per heavy atom. The first-order valence-electron chi connectivity index (χ1n) is 11.5. The Morgan fingerprint density at radius 1 is 1.18 bits per heavy atom. The zero-order valence-electron chi connectivity index (χ0n) is 19.3. The predicted molar refractivity (Wildman–Crippen MR) is 126 cm³/mol. The van der Waals surface area contributed by atoms with Crippen LogP contribution in [-0.2, 0) is 16.1 Å². The minimum Gasteiger partial charge on any atom is -0.454 e.